The average molecular weight is 469 g/mol. The Hall–Kier alpha value is -3.50. The number of carbonyl (C=O) groups excluding carboxylic acids is 1. The summed E-state index contributed by atoms with van der Waals surface area (Å²) >= 11 is 6.41. The van der Waals surface area contributed by atoms with Gasteiger partial charge in [0.15, 0.2) is 11.5 Å². The number of aromatic carboxylic acids is 1. The minimum absolute atomic E-state index is 0.0159. The summed E-state index contributed by atoms with van der Waals surface area (Å²) in [6.45, 7) is 0.0830. The van der Waals surface area contributed by atoms with Crippen molar-refractivity contribution in [3.05, 3.63) is 63.7 Å². The Labute approximate surface area is 197 Å². The second-order valence-electron chi connectivity index (χ2n) is 7.81. The van der Waals surface area contributed by atoms with Crippen LogP contribution in [0.15, 0.2) is 42.0 Å². The molecule has 7 nitrogen and oxygen atoms in total. The zero-order chi connectivity index (χ0) is 23.8. The predicted octanol–water partition coefficient (Wildman–Crippen LogP) is 4.98. The minimum atomic E-state index is -1.02. The van der Waals surface area contributed by atoms with Gasteiger partial charge in [0.1, 0.15) is 18.2 Å². The van der Waals surface area contributed by atoms with Gasteiger partial charge < -0.3 is 19.9 Å². The SMILES string of the molecule is COc1cc(C=C(C#N)C(=O)NC2CCCCC2)cc(Cl)c1OCc1cccc(C(=O)O)c1. The third-order valence-corrected chi connectivity index (χ3v) is 5.71. The lowest BCUT2D eigenvalue weighted by molar-refractivity contribution is -0.117. The largest absolute Gasteiger partial charge is 0.493 e. The number of benzene rings is 2. The molecule has 0 atom stereocenters. The molecule has 33 heavy (non-hydrogen) atoms. The highest BCUT2D eigenvalue weighted by Crippen LogP contribution is 2.37. The Morgan fingerprint density at radius 1 is 1.24 bits per heavy atom. The first-order valence-electron chi connectivity index (χ1n) is 10.7. The lowest BCUT2D eigenvalue weighted by Crippen LogP contribution is -2.36. The van der Waals surface area contributed by atoms with Crippen molar-refractivity contribution in [3.8, 4) is 17.6 Å². The van der Waals surface area contributed by atoms with Crippen molar-refractivity contribution in [2.45, 2.75) is 44.8 Å². The molecule has 1 aliphatic carbocycles. The summed E-state index contributed by atoms with van der Waals surface area (Å²) in [6.07, 6.45) is 6.63. The number of hydrogen-bond donors (Lipinski definition) is 2. The van der Waals surface area contributed by atoms with E-state index in [4.69, 9.17) is 26.2 Å². The average Bonchev–Trinajstić information content (AvgIpc) is 2.82. The summed E-state index contributed by atoms with van der Waals surface area (Å²) in [6, 6.07) is 11.7. The van der Waals surface area contributed by atoms with E-state index in [1.165, 1.54) is 31.7 Å². The van der Waals surface area contributed by atoms with Gasteiger partial charge in [-0.2, -0.15) is 5.26 Å². The monoisotopic (exact) mass is 468 g/mol. The van der Waals surface area contributed by atoms with Crippen LogP contribution in [0.1, 0.15) is 53.6 Å². The maximum atomic E-state index is 12.6. The number of hydrogen-bond acceptors (Lipinski definition) is 5. The number of nitriles is 1. The van der Waals surface area contributed by atoms with E-state index >= 15 is 0 Å². The lowest BCUT2D eigenvalue weighted by Gasteiger charge is -2.22. The first-order valence-corrected chi connectivity index (χ1v) is 11.0. The Morgan fingerprint density at radius 2 is 2.00 bits per heavy atom. The van der Waals surface area contributed by atoms with Crippen LogP contribution < -0.4 is 14.8 Å². The van der Waals surface area contributed by atoms with Gasteiger partial charge in [0.05, 0.1) is 17.7 Å². The number of rotatable bonds is 8. The molecule has 2 aromatic rings. The Bertz CT molecular complexity index is 1100. The van der Waals surface area contributed by atoms with Gasteiger partial charge >= 0.3 is 5.97 Å². The molecule has 1 fully saturated rings. The van der Waals surface area contributed by atoms with Crippen LogP contribution in [0, 0.1) is 11.3 Å². The third kappa shape index (κ3) is 6.50. The van der Waals surface area contributed by atoms with Crippen LogP contribution in [0.5, 0.6) is 11.5 Å². The van der Waals surface area contributed by atoms with E-state index in [1.54, 1.807) is 24.3 Å². The second-order valence-corrected chi connectivity index (χ2v) is 8.21. The zero-order valence-corrected chi connectivity index (χ0v) is 19.0. The summed E-state index contributed by atoms with van der Waals surface area (Å²) in [5.41, 5.74) is 1.32. The normalized spacial score (nSPS) is 14.3. The van der Waals surface area contributed by atoms with E-state index in [1.807, 2.05) is 6.07 Å². The van der Waals surface area contributed by atoms with Gasteiger partial charge in [-0.05, 0) is 54.3 Å². The molecule has 8 heteroatoms. The molecule has 0 radical (unpaired) electrons. The molecule has 172 valence electrons. The fourth-order valence-electron chi connectivity index (χ4n) is 3.74. The number of ether oxygens (including phenoxy) is 2. The number of amides is 1. The number of methoxy groups -OCH3 is 1. The van der Waals surface area contributed by atoms with Crippen molar-refractivity contribution in [2.24, 2.45) is 0 Å². The Balaban J connectivity index is 1.77. The summed E-state index contributed by atoms with van der Waals surface area (Å²) in [4.78, 5) is 23.7. The van der Waals surface area contributed by atoms with Crippen LogP contribution in [0.25, 0.3) is 6.08 Å². The van der Waals surface area contributed by atoms with Crippen molar-refractivity contribution in [3.63, 3.8) is 0 Å². The van der Waals surface area contributed by atoms with Crippen LogP contribution in [0.3, 0.4) is 0 Å². The van der Waals surface area contributed by atoms with Crippen molar-refractivity contribution >= 4 is 29.6 Å². The van der Waals surface area contributed by atoms with Gasteiger partial charge in [-0.25, -0.2) is 4.79 Å². The van der Waals surface area contributed by atoms with Crippen LogP contribution in [0.2, 0.25) is 5.02 Å². The highest BCUT2D eigenvalue weighted by atomic mass is 35.5. The smallest absolute Gasteiger partial charge is 0.335 e. The first-order chi connectivity index (χ1) is 15.9. The fourth-order valence-corrected chi connectivity index (χ4v) is 4.01. The van der Waals surface area contributed by atoms with Crippen molar-refractivity contribution in [1.29, 1.82) is 5.26 Å². The number of carboxylic acids is 1. The first kappa shape index (κ1) is 24.1. The lowest BCUT2D eigenvalue weighted by atomic mass is 9.95. The van der Waals surface area contributed by atoms with E-state index in [0.717, 1.165) is 25.7 Å². The molecule has 1 amide bonds. The molecule has 0 unspecified atom stereocenters. The molecule has 0 heterocycles. The number of carbonyl (C=O) groups is 2. The Morgan fingerprint density at radius 3 is 2.67 bits per heavy atom. The maximum Gasteiger partial charge on any atom is 0.335 e. The van der Waals surface area contributed by atoms with E-state index in [2.05, 4.69) is 5.32 Å². The van der Waals surface area contributed by atoms with E-state index in [0.29, 0.717) is 16.9 Å². The standard InChI is InChI=1S/C25H25ClN2O5/c1-32-22-13-17(11-19(14-27)24(29)28-20-8-3-2-4-9-20)12-21(26)23(22)33-15-16-6-5-7-18(10-16)25(30)31/h5-7,10-13,20H,2-4,8-9,15H2,1H3,(H,28,29)(H,30,31). The number of nitrogens with one attached hydrogen (secondary N) is 1. The quantitative estimate of drug-likeness (QED) is 0.417. The summed E-state index contributed by atoms with van der Waals surface area (Å²) in [7, 11) is 1.46. The van der Waals surface area contributed by atoms with Crippen molar-refractivity contribution in [2.75, 3.05) is 7.11 Å². The van der Waals surface area contributed by atoms with Gasteiger partial charge in [-0.3, -0.25) is 4.79 Å². The summed E-state index contributed by atoms with van der Waals surface area (Å²) in [5.74, 6) is -0.821. The van der Waals surface area contributed by atoms with Gasteiger partial charge in [-0.15, -0.1) is 0 Å². The van der Waals surface area contributed by atoms with Crippen LogP contribution in [-0.4, -0.2) is 30.1 Å². The van der Waals surface area contributed by atoms with Crippen LogP contribution in [0.4, 0.5) is 0 Å². The molecule has 0 spiro atoms. The molecule has 0 saturated heterocycles. The minimum Gasteiger partial charge on any atom is -0.493 e. The van der Waals surface area contributed by atoms with E-state index in [9.17, 15) is 14.9 Å². The molecular formula is C25H25ClN2O5. The van der Waals surface area contributed by atoms with Crippen LogP contribution >= 0.6 is 11.6 Å². The molecule has 1 saturated carbocycles. The van der Waals surface area contributed by atoms with Gasteiger partial charge in [0, 0.05) is 6.04 Å². The molecule has 1 aliphatic rings. The predicted molar refractivity (Wildman–Crippen MR) is 124 cm³/mol. The zero-order valence-electron chi connectivity index (χ0n) is 18.3. The maximum absolute atomic E-state index is 12.6. The molecular weight excluding hydrogens is 444 g/mol. The topological polar surface area (TPSA) is 109 Å². The molecule has 2 N–H and O–H groups in total. The second kappa shape index (κ2) is 11.4. The summed E-state index contributed by atoms with van der Waals surface area (Å²) in [5, 5.41) is 21.8. The van der Waals surface area contributed by atoms with Crippen molar-refractivity contribution < 1.29 is 24.2 Å². The molecule has 0 aromatic heterocycles. The summed E-state index contributed by atoms with van der Waals surface area (Å²) < 4.78 is 11.2. The fraction of sp³-hybridized carbons (Fsp3) is 0.320. The molecule has 0 aliphatic heterocycles. The number of halogens is 1. The highest BCUT2D eigenvalue weighted by molar-refractivity contribution is 6.32. The van der Waals surface area contributed by atoms with Gasteiger partial charge in [0.25, 0.3) is 5.91 Å². The van der Waals surface area contributed by atoms with Crippen LogP contribution in [-0.2, 0) is 11.4 Å². The third-order valence-electron chi connectivity index (χ3n) is 5.43. The van der Waals surface area contributed by atoms with Gasteiger partial charge in [-0.1, -0.05) is 43.0 Å². The highest BCUT2D eigenvalue weighted by Gasteiger charge is 2.19. The number of carboxylic acid groups (broad SMARTS) is 1. The molecule has 3 rings (SSSR count). The molecule has 2 aromatic carbocycles. The molecule has 0 bridgehead atoms. The van der Waals surface area contributed by atoms with Crippen molar-refractivity contribution in [1.82, 2.24) is 5.32 Å². The van der Waals surface area contributed by atoms with E-state index in [-0.39, 0.29) is 34.6 Å². The Kier molecular flexibility index (Phi) is 8.34. The van der Waals surface area contributed by atoms with Gasteiger partial charge in [0.2, 0.25) is 0 Å². The number of nitrogens with zero attached hydrogens (tertiary/aromatic N) is 1. The van der Waals surface area contributed by atoms with E-state index < -0.39 is 11.9 Å².